The van der Waals surface area contributed by atoms with E-state index in [1.165, 1.54) is 16.7 Å². The van der Waals surface area contributed by atoms with Gasteiger partial charge in [0.15, 0.2) is 0 Å². The molecule has 0 radical (unpaired) electrons. The van der Waals surface area contributed by atoms with Crippen molar-refractivity contribution >= 4 is 6.03 Å². The topological polar surface area (TPSA) is 93.2 Å². The van der Waals surface area contributed by atoms with Crippen LogP contribution < -0.4 is 22.5 Å². The van der Waals surface area contributed by atoms with E-state index in [-0.39, 0.29) is 0 Å². The molecule has 0 fully saturated rings. The van der Waals surface area contributed by atoms with E-state index < -0.39 is 6.03 Å². The van der Waals surface area contributed by atoms with Gasteiger partial charge in [-0.1, -0.05) is 34.9 Å². The number of carbonyl (C=O) groups excluding carboxylic acids is 1. The number of hydrazine groups is 2. The smallest absolute Gasteiger partial charge is 0.275 e. The Morgan fingerprint density at radius 1 is 0.933 bits per heavy atom. The Morgan fingerprint density at radius 2 is 1.20 bits per heavy atom. The molecule has 6 N–H and O–H groups in total. The predicted molar refractivity (Wildman–Crippen MR) is 60.7 cm³/mol. The summed E-state index contributed by atoms with van der Waals surface area (Å²) in [5.41, 5.74) is 7.54. The molecule has 0 aromatic heterocycles. The van der Waals surface area contributed by atoms with Crippen LogP contribution in [0.25, 0.3) is 0 Å². The highest BCUT2D eigenvalue weighted by atomic mass is 16.2. The Hall–Kier alpha value is -1.59. The van der Waals surface area contributed by atoms with Crippen LogP contribution in [0, 0.1) is 20.8 Å². The summed E-state index contributed by atoms with van der Waals surface area (Å²) in [6.07, 6.45) is 0. The van der Waals surface area contributed by atoms with E-state index in [0.717, 1.165) is 0 Å². The average Bonchev–Trinajstić information content (AvgIpc) is 2.15. The molecule has 1 rings (SSSR count). The molecule has 0 aliphatic heterocycles. The van der Waals surface area contributed by atoms with Gasteiger partial charge < -0.3 is 0 Å². The van der Waals surface area contributed by atoms with Crippen molar-refractivity contribution in [3.8, 4) is 0 Å². The first-order chi connectivity index (χ1) is 6.99. The third-order valence-electron chi connectivity index (χ3n) is 1.63. The highest BCUT2D eigenvalue weighted by Crippen LogP contribution is 2.06. The minimum Gasteiger partial charge on any atom is -0.275 e. The summed E-state index contributed by atoms with van der Waals surface area (Å²) >= 11 is 0. The zero-order valence-corrected chi connectivity index (χ0v) is 9.29. The average molecular weight is 210 g/mol. The molecule has 0 aliphatic carbocycles. The summed E-state index contributed by atoms with van der Waals surface area (Å²) in [5.74, 6) is 9.08. The molecule has 0 heterocycles. The van der Waals surface area contributed by atoms with Gasteiger partial charge in [0.05, 0.1) is 0 Å². The van der Waals surface area contributed by atoms with Crippen LogP contribution in [0.3, 0.4) is 0 Å². The summed E-state index contributed by atoms with van der Waals surface area (Å²) in [4.78, 5) is 9.71. The van der Waals surface area contributed by atoms with E-state index in [0.29, 0.717) is 0 Å². The maximum absolute atomic E-state index is 9.71. The zero-order valence-electron chi connectivity index (χ0n) is 9.29. The fraction of sp³-hybridized carbons (Fsp3) is 0.300. The molecular formula is C10H18N4O. The molecule has 0 unspecified atom stereocenters. The number of amides is 2. The Bertz CT molecular complexity index is 269. The van der Waals surface area contributed by atoms with Crippen molar-refractivity contribution in [2.75, 3.05) is 0 Å². The van der Waals surface area contributed by atoms with Crippen molar-refractivity contribution < 1.29 is 4.79 Å². The van der Waals surface area contributed by atoms with Crippen molar-refractivity contribution in [2.24, 2.45) is 11.7 Å². The SMILES string of the molecule is Cc1cc(C)cc(C)c1.NNC(=O)NN. The van der Waals surface area contributed by atoms with Gasteiger partial charge in [-0.2, -0.15) is 0 Å². The summed E-state index contributed by atoms with van der Waals surface area (Å²) < 4.78 is 0. The van der Waals surface area contributed by atoms with E-state index >= 15 is 0 Å². The number of hydrogen-bond acceptors (Lipinski definition) is 3. The number of benzene rings is 1. The molecule has 0 saturated carbocycles. The van der Waals surface area contributed by atoms with Crippen LogP contribution in [0.15, 0.2) is 18.2 Å². The Morgan fingerprint density at radius 3 is 1.33 bits per heavy atom. The molecule has 0 bridgehead atoms. The Balaban J connectivity index is 0.000000288. The quantitative estimate of drug-likeness (QED) is 0.288. The number of urea groups is 1. The first kappa shape index (κ1) is 13.4. The predicted octanol–water partition coefficient (Wildman–Crippen LogP) is 0.645. The minimum atomic E-state index is -0.602. The highest BCUT2D eigenvalue weighted by molar-refractivity contribution is 5.72. The van der Waals surface area contributed by atoms with Crippen LogP contribution in [0.5, 0.6) is 0 Å². The normalized spacial score (nSPS) is 8.60. The number of hydrogen-bond donors (Lipinski definition) is 4. The van der Waals surface area contributed by atoms with Crippen molar-refractivity contribution in [3.05, 3.63) is 34.9 Å². The number of carbonyl (C=O) groups is 1. The van der Waals surface area contributed by atoms with Crippen LogP contribution in [-0.2, 0) is 0 Å². The molecule has 0 aliphatic rings. The lowest BCUT2D eigenvalue weighted by molar-refractivity contribution is 0.241. The van der Waals surface area contributed by atoms with E-state index in [4.69, 9.17) is 0 Å². The molecule has 1 aromatic rings. The molecule has 15 heavy (non-hydrogen) atoms. The van der Waals surface area contributed by atoms with Gasteiger partial charge in [-0.05, 0) is 20.8 Å². The molecular weight excluding hydrogens is 192 g/mol. The lowest BCUT2D eigenvalue weighted by Gasteiger charge is -1.96. The van der Waals surface area contributed by atoms with Crippen LogP contribution in [-0.4, -0.2) is 6.03 Å². The van der Waals surface area contributed by atoms with Gasteiger partial charge in [0.25, 0.3) is 0 Å². The number of aryl methyl sites for hydroxylation is 3. The fourth-order valence-electron chi connectivity index (χ4n) is 1.24. The number of nitrogens with two attached hydrogens (primary N) is 2. The zero-order chi connectivity index (χ0) is 11.8. The second-order valence-electron chi connectivity index (χ2n) is 3.28. The first-order valence-electron chi connectivity index (χ1n) is 4.51. The van der Waals surface area contributed by atoms with Crippen molar-refractivity contribution in [1.29, 1.82) is 0 Å². The lowest BCUT2D eigenvalue weighted by atomic mass is 10.1. The maximum atomic E-state index is 9.71. The van der Waals surface area contributed by atoms with E-state index in [2.05, 4.69) is 50.7 Å². The first-order valence-corrected chi connectivity index (χ1v) is 4.51. The second kappa shape index (κ2) is 6.80. The van der Waals surface area contributed by atoms with Crippen molar-refractivity contribution in [3.63, 3.8) is 0 Å². The van der Waals surface area contributed by atoms with Crippen molar-refractivity contribution in [1.82, 2.24) is 10.9 Å². The second-order valence-corrected chi connectivity index (χ2v) is 3.28. The van der Waals surface area contributed by atoms with Gasteiger partial charge in [-0.15, -0.1) is 0 Å². The number of rotatable bonds is 0. The van der Waals surface area contributed by atoms with Crippen LogP contribution >= 0.6 is 0 Å². The third kappa shape index (κ3) is 6.48. The summed E-state index contributed by atoms with van der Waals surface area (Å²) in [5, 5.41) is 0. The van der Waals surface area contributed by atoms with Gasteiger partial charge in [0.1, 0.15) is 0 Å². The fourth-order valence-corrected chi connectivity index (χ4v) is 1.24. The summed E-state index contributed by atoms with van der Waals surface area (Å²) in [6, 6.07) is 5.96. The van der Waals surface area contributed by atoms with Gasteiger partial charge in [-0.3, -0.25) is 10.9 Å². The molecule has 0 saturated heterocycles. The van der Waals surface area contributed by atoms with Gasteiger partial charge in [0, 0.05) is 0 Å². The summed E-state index contributed by atoms with van der Waals surface area (Å²) in [7, 11) is 0. The molecule has 2 amide bonds. The van der Waals surface area contributed by atoms with Gasteiger partial charge >= 0.3 is 6.03 Å². The Kier molecular flexibility index (Phi) is 6.08. The van der Waals surface area contributed by atoms with E-state index in [1.54, 1.807) is 10.9 Å². The highest BCUT2D eigenvalue weighted by Gasteiger charge is 1.87. The molecule has 84 valence electrons. The number of nitrogens with one attached hydrogen (secondary N) is 2. The van der Waals surface area contributed by atoms with Crippen LogP contribution in [0.1, 0.15) is 16.7 Å². The van der Waals surface area contributed by atoms with Crippen LogP contribution in [0.4, 0.5) is 4.79 Å². The lowest BCUT2D eigenvalue weighted by Crippen LogP contribution is -2.43. The third-order valence-corrected chi connectivity index (χ3v) is 1.63. The standard InChI is InChI=1S/C9H12.CH6N4O/c1-7-4-8(2)6-9(3)5-7;2-4-1(6)5-3/h4-6H,1-3H3;2-3H2,(H2,4,5,6). The molecule has 0 spiro atoms. The molecule has 5 heteroatoms. The Labute approximate surface area is 89.8 Å². The molecule has 0 atom stereocenters. The van der Waals surface area contributed by atoms with E-state index in [9.17, 15) is 4.79 Å². The van der Waals surface area contributed by atoms with Crippen LogP contribution in [0.2, 0.25) is 0 Å². The van der Waals surface area contributed by atoms with Gasteiger partial charge in [-0.25, -0.2) is 16.5 Å². The largest absolute Gasteiger partial charge is 0.343 e. The maximum Gasteiger partial charge on any atom is 0.343 e. The molecule has 1 aromatic carbocycles. The molecule has 5 nitrogen and oxygen atoms in total. The minimum absolute atomic E-state index is 0.602. The van der Waals surface area contributed by atoms with Gasteiger partial charge in [0.2, 0.25) is 0 Å². The monoisotopic (exact) mass is 210 g/mol. The summed E-state index contributed by atoms with van der Waals surface area (Å²) in [6.45, 7) is 6.38. The van der Waals surface area contributed by atoms with E-state index in [1.807, 2.05) is 0 Å². The van der Waals surface area contributed by atoms with Crippen molar-refractivity contribution in [2.45, 2.75) is 20.8 Å².